The number of anilines is 1. The Morgan fingerprint density at radius 1 is 1.53 bits per heavy atom. The van der Waals surface area contributed by atoms with Crippen molar-refractivity contribution < 1.29 is 9.59 Å². The van der Waals surface area contributed by atoms with Crippen LogP contribution in [0.15, 0.2) is 35.7 Å². The van der Waals surface area contributed by atoms with E-state index >= 15 is 0 Å². The summed E-state index contributed by atoms with van der Waals surface area (Å²) in [5.41, 5.74) is 1.64. The van der Waals surface area contributed by atoms with Crippen LogP contribution in [0.5, 0.6) is 0 Å². The van der Waals surface area contributed by atoms with Crippen molar-refractivity contribution in [2.45, 2.75) is 24.7 Å². The van der Waals surface area contributed by atoms with Crippen molar-refractivity contribution in [1.29, 1.82) is 0 Å². The van der Waals surface area contributed by atoms with Gasteiger partial charge < -0.3 is 4.90 Å². The van der Waals surface area contributed by atoms with Gasteiger partial charge in [0, 0.05) is 23.4 Å². The van der Waals surface area contributed by atoms with Crippen molar-refractivity contribution in [2.75, 3.05) is 17.2 Å². The molecule has 0 radical (unpaired) electrons. The minimum absolute atomic E-state index is 0.119. The number of hydrogen-bond acceptors (Lipinski definition) is 3. The fourth-order valence-electron chi connectivity index (χ4n) is 2.05. The topological polar surface area (TPSA) is 37.4 Å². The molecule has 100 valence electrons. The molecule has 1 aromatic carbocycles. The molecule has 0 N–H and O–H groups in total. The third kappa shape index (κ3) is 2.89. The van der Waals surface area contributed by atoms with Gasteiger partial charge in [-0.1, -0.05) is 13.0 Å². The lowest BCUT2D eigenvalue weighted by Crippen LogP contribution is -2.36. The van der Waals surface area contributed by atoms with Crippen molar-refractivity contribution in [3.05, 3.63) is 36.4 Å². The van der Waals surface area contributed by atoms with Gasteiger partial charge in [-0.3, -0.25) is 9.59 Å². The van der Waals surface area contributed by atoms with Gasteiger partial charge in [0.25, 0.3) is 0 Å². The molecule has 0 saturated heterocycles. The van der Waals surface area contributed by atoms with E-state index in [1.54, 1.807) is 4.90 Å². The molecule has 1 aromatic rings. The second kappa shape index (κ2) is 6.06. The molecule has 1 aliphatic heterocycles. The van der Waals surface area contributed by atoms with E-state index in [9.17, 15) is 9.59 Å². The maximum atomic E-state index is 11.9. The highest BCUT2D eigenvalue weighted by molar-refractivity contribution is 8.00. The van der Waals surface area contributed by atoms with Crippen LogP contribution in [-0.4, -0.2) is 24.0 Å². The number of thioether (sulfide) groups is 1. The summed E-state index contributed by atoms with van der Waals surface area (Å²) in [6.07, 6.45) is 3.08. The van der Waals surface area contributed by atoms with E-state index in [0.29, 0.717) is 18.7 Å². The van der Waals surface area contributed by atoms with Gasteiger partial charge >= 0.3 is 0 Å². The fourth-order valence-corrected chi connectivity index (χ4v) is 3.02. The quantitative estimate of drug-likeness (QED) is 0.611. The summed E-state index contributed by atoms with van der Waals surface area (Å²) in [4.78, 5) is 26.5. The first-order chi connectivity index (χ1) is 9.17. The lowest BCUT2D eigenvalue weighted by molar-refractivity contribution is -0.116. The molecule has 0 unspecified atom stereocenters. The number of nitrogens with zero attached hydrogens (tertiary/aromatic N) is 1. The standard InChI is InChI=1S/C15H17NO2S/c1-3-5-8-16-12-7-6-11(13(17)4-2)9-14(12)19-10-15(16)18/h3,6-7,9H,1,4-5,8,10H2,2H3. The molecule has 3 nitrogen and oxygen atoms in total. The van der Waals surface area contributed by atoms with Gasteiger partial charge in [-0.2, -0.15) is 0 Å². The molecule has 0 aliphatic carbocycles. The molecule has 0 atom stereocenters. The van der Waals surface area contributed by atoms with Gasteiger partial charge in [-0.15, -0.1) is 18.3 Å². The van der Waals surface area contributed by atoms with Gasteiger partial charge in [-0.05, 0) is 24.6 Å². The molecule has 19 heavy (non-hydrogen) atoms. The zero-order chi connectivity index (χ0) is 13.8. The minimum Gasteiger partial charge on any atom is -0.310 e. The average Bonchev–Trinajstić information content (AvgIpc) is 2.45. The number of carbonyl (C=O) groups is 2. The number of hydrogen-bond donors (Lipinski definition) is 0. The third-order valence-electron chi connectivity index (χ3n) is 3.10. The van der Waals surface area contributed by atoms with Crippen LogP contribution < -0.4 is 4.90 Å². The second-order valence-electron chi connectivity index (χ2n) is 4.37. The average molecular weight is 275 g/mol. The number of fused-ring (bicyclic) bond motifs is 1. The highest BCUT2D eigenvalue weighted by atomic mass is 32.2. The molecule has 0 spiro atoms. The first-order valence-corrected chi connectivity index (χ1v) is 7.37. The Balaban J connectivity index is 2.32. The molecule has 1 heterocycles. The molecule has 1 amide bonds. The second-order valence-corrected chi connectivity index (χ2v) is 5.39. The first-order valence-electron chi connectivity index (χ1n) is 6.38. The van der Waals surface area contributed by atoms with Crippen LogP contribution in [0.4, 0.5) is 5.69 Å². The zero-order valence-corrected chi connectivity index (χ0v) is 11.8. The zero-order valence-electron chi connectivity index (χ0n) is 11.0. The maximum absolute atomic E-state index is 11.9. The van der Waals surface area contributed by atoms with E-state index in [-0.39, 0.29) is 11.7 Å². The Hall–Kier alpha value is -1.55. The van der Waals surface area contributed by atoms with Gasteiger partial charge in [-0.25, -0.2) is 0 Å². The summed E-state index contributed by atoms with van der Waals surface area (Å²) in [5.74, 6) is 0.695. The van der Waals surface area contributed by atoms with E-state index < -0.39 is 0 Å². The van der Waals surface area contributed by atoms with Crippen LogP contribution in [0.2, 0.25) is 0 Å². The van der Waals surface area contributed by atoms with E-state index in [4.69, 9.17) is 0 Å². The lowest BCUT2D eigenvalue weighted by Gasteiger charge is -2.29. The largest absolute Gasteiger partial charge is 0.310 e. The summed E-state index contributed by atoms with van der Waals surface area (Å²) in [6.45, 7) is 6.19. The molecule has 0 fully saturated rings. The van der Waals surface area contributed by atoms with Crippen LogP contribution in [0.1, 0.15) is 30.1 Å². The van der Waals surface area contributed by atoms with E-state index in [0.717, 1.165) is 22.6 Å². The highest BCUT2D eigenvalue weighted by Crippen LogP contribution is 2.36. The Morgan fingerprint density at radius 2 is 2.32 bits per heavy atom. The van der Waals surface area contributed by atoms with Crippen molar-refractivity contribution in [2.24, 2.45) is 0 Å². The molecule has 2 rings (SSSR count). The first kappa shape index (κ1) is 13.9. The van der Waals surface area contributed by atoms with Crippen LogP contribution in [-0.2, 0) is 4.79 Å². The Labute approximate surface area is 117 Å². The monoisotopic (exact) mass is 275 g/mol. The minimum atomic E-state index is 0.119. The predicted molar refractivity (Wildman–Crippen MR) is 79.0 cm³/mol. The maximum Gasteiger partial charge on any atom is 0.237 e. The van der Waals surface area contributed by atoms with Crippen molar-refractivity contribution in [1.82, 2.24) is 0 Å². The lowest BCUT2D eigenvalue weighted by atomic mass is 10.1. The summed E-state index contributed by atoms with van der Waals surface area (Å²) in [7, 11) is 0. The highest BCUT2D eigenvalue weighted by Gasteiger charge is 2.24. The molecule has 0 aromatic heterocycles. The van der Waals surface area contributed by atoms with E-state index in [1.807, 2.05) is 31.2 Å². The van der Waals surface area contributed by atoms with E-state index in [1.165, 1.54) is 11.8 Å². The van der Waals surface area contributed by atoms with Gasteiger partial charge in [0.1, 0.15) is 0 Å². The summed E-state index contributed by atoms with van der Waals surface area (Å²) >= 11 is 1.51. The number of carbonyl (C=O) groups excluding carboxylic acids is 2. The summed E-state index contributed by atoms with van der Waals surface area (Å²) < 4.78 is 0. The van der Waals surface area contributed by atoms with Gasteiger partial charge in [0.2, 0.25) is 5.91 Å². The number of benzene rings is 1. The smallest absolute Gasteiger partial charge is 0.237 e. The van der Waals surface area contributed by atoms with Crippen LogP contribution in [0.25, 0.3) is 0 Å². The molecule has 1 aliphatic rings. The fraction of sp³-hybridized carbons (Fsp3) is 0.333. The van der Waals surface area contributed by atoms with Crippen LogP contribution in [0.3, 0.4) is 0 Å². The molecular formula is C15H17NO2S. The Bertz CT molecular complexity index is 525. The van der Waals surface area contributed by atoms with Gasteiger partial charge in [0.05, 0.1) is 11.4 Å². The summed E-state index contributed by atoms with van der Waals surface area (Å²) in [5, 5.41) is 0. The normalized spacial score (nSPS) is 14.2. The number of amides is 1. The Kier molecular flexibility index (Phi) is 4.43. The predicted octanol–water partition coefficient (Wildman–Crippen LogP) is 3.29. The van der Waals surface area contributed by atoms with Crippen LogP contribution in [0, 0.1) is 0 Å². The molecule has 4 heteroatoms. The van der Waals surface area contributed by atoms with E-state index in [2.05, 4.69) is 6.58 Å². The summed E-state index contributed by atoms with van der Waals surface area (Å²) in [6, 6.07) is 5.59. The number of rotatable bonds is 5. The molecule has 0 saturated carbocycles. The van der Waals surface area contributed by atoms with Crippen molar-refractivity contribution in [3.8, 4) is 0 Å². The number of Topliss-reactive ketones (excluding diaryl/α,β-unsaturated/α-hetero) is 1. The SMILES string of the molecule is C=CCCN1C(=O)CSc2cc(C(=O)CC)ccc21. The van der Waals surface area contributed by atoms with Crippen molar-refractivity contribution in [3.63, 3.8) is 0 Å². The van der Waals surface area contributed by atoms with Gasteiger partial charge in [0.15, 0.2) is 5.78 Å². The molecular weight excluding hydrogens is 258 g/mol. The number of ketones is 1. The Morgan fingerprint density at radius 3 is 3.00 bits per heavy atom. The van der Waals surface area contributed by atoms with Crippen LogP contribution >= 0.6 is 11.8 Å². The third-order valence-corrected chi connectivity index (χ3v) is 4.13. The van der Waals surface area contributed by atoms with Crippen molar-refractivity contribution >= 4 is 29.1 Å². The molecule has 0 bridgehead atoms.